The van der Waals surface area contributed by atoms with E-state index in [1.54, 1.807) is 0 Å². The summed E-state index contributed by atoms with van der Waals surface area (Å²) in [5.41, 5.74) is 3.90. The molecule has 25 heavy (non-hydrogen) atoms. The Bertz CT molecular complexity index is 618. The Hall–Kier alpha value is -1.42. The van der Waals surface area contributed by atoms with Crippen LogP contribution in [0.2, 0.25) is 0 Å². The summed E-state index contributed by atoms with van der Waals surface area (Å²) in [6.45, 7) is 10.5. The van der Waals surface area contributed by atoms with E-state index in [0.29, 0.717) is 5.91 Å². The van der Waals surface area contributed by atoms with Crippen LogP contribution in [0.4, 0.5) is 0 Å². The molecule has 0 aliphatic carbocycles. The van der Waals surface area contributed by atoms with Crippen LogP contribution in [0.15, 0.2) is 12.3 Å². The predicted octanol–water partition coefficient (Wildman–Crippen LogP) is 3.39. The quantitative estimate of drug-likeness (QED) is 0.841. The number of fused-ring (bicyclic) bond motifs is 1. The molecule has 1 fully saturated rings. The zero-order valence-corrected chi connectivity index (χ0v) is 16.3. The number of amides is 1. The standard InChI is InChI=1S/C21H33N3O/c1-5-9-21(2,3)18-13-17-15-24(12-8-19(17)22-14-18)20(25)16-6-10-23(4)11-7-16/h13-14,16H,5-12,15H2,1-4H3. The van der Waals surface area contributed by atoms with E-state index < -0.39 is 0 Å². The van der Waals surface area contributed by atoms with E-state index in [1.165, 1.54) is 23.2 Å². The highest BCUT2D eigenvalue weighted by Crippen LogP contribution is 2.31. The molecule has 2 aliphatic heterocycles. The molecule has 1 aromatic rings. The first-order valence-corrected chi connectivity index (χ1v) is 9.86. The van der Waals surface area contributed by atoms with Crippen LogP contribution in [-0.2, 0) is 23.2 Å². The van der Waals surface area contributed by atoms with Crippen LogP contribution in [0, 0.1) is 5.92 Å². The number of carbonyl (C=O) groups excluding carboxylic acids is 1. The number of pyridine rings is 1. The van der Waals surface area contributed by atoms with E-state index in [4.69, 9.17) is 4.98 Å². The first kappa shape index (κ1) is 18.4. The summed E-state index contributed by atoms with van der Waals surface area (Å²) < 4.78 is 0. The van der Waals surface area contributed by atoms with E-state index in [-0.39, 0.29) is 11.3 Å². The van der Waals surface area contributed by atoms with Crippen molar-refractivity contribution in [1.29, 1.82) is 0 Å². The SMILES string of the molecule is CCCC(C)(C)c1cnc2c(c1)CN(C(=O)C1CCN(C)CC1)CC2. The molecule has 4 heteroatoms. The highest BCUT2D eigenvalue weighted by atomic mass is 16.2. The Morgan fingerprint density at radius 3 is 2.68 bits per heavy atom. The number of likely N-dealkylation sites (tertiary alicyclic amines) is 1. The summed E-state index contributed by atoms with van der Waals surface area (Å²) in [7, 11) is 2.14. The third-order valence-corrected chi connectivity index (χ3v) is 6.08. The summed E-state index contributed by atoms with van der Waals surface area (Å²) in [5.74, 6) is 0.572. The molecule has 2 aliphatic rings. The molecule has 0 atom stereocenters. The fourth-order valence-corrected chi connectivity index (χ4v) is 4.27. The van der Waals surface area contributed by atoms with Crippen LogP contribution >= 0.6 is 0 Å². The Morgan fingerprint density at radius 1 is 1.28 bits per heavy atom. The normalized spacial score (nSPS) is 19.8. The van der Waals surface area contributed by atoms with Gasteiger partial charge in [-0.3, -0.25) is 9.78 Å². The molecule has 4 nitrogen and oxygen atoms in total. The third kappa shape index (κ3) is 4.05. The van der Waals surface area contributed by atoms with Gasteiger partial charge in [-0.25, -0.2) is 0 Å². The van der Waals surface area contributed by atoms with E-state index in [9.17, 15) is 4.79 Å². The smallest absolute Gasteiger partial charge is 0.226 e. The van der Waals surface area contributed by atoms with E-state index in [1.807, 2.05) is 0 Å². The molecule has 0 radical (unpaired) electrons. The number of hydrogen-bond donors (Lipinski definition) is 0. The van der Waals surface area contributed by atoms with Gasteiger partial charge in [0.2, 0.25) is 5.91 Å². The van der Waals surface area contributed by atoms with Gasteiger partial charge in [0.1, 0.15) is 0 Å². The second-order valence-electron chi connectivity index (χ2n) is 8.55. The van der Waals surface area contributed by atoms with Crippen LogP contribution in [0.25, 0.3) is 0 Å². The van der Waals surface area contributed by atoms with Gasteiger partial charge in [-0.05, 0) is 55.9 Å². The minimum atomic E-state index is 0.150. The van der Waals surface area contributed by atoms with Crippen LogP contribution < -0.4 is 0 Å². The first-order valence-electron chi connectivity index (χ1n) is 9.86. The van der Waals surface area contributed by atoms with Crippen molar-refractivity contribution in [2.45, 2.75) is 64.8 Å². The van der Waals surface area contributed by atoms with Gasteiger partial charge in [-0.2, -0.15) is 0 Å². The maximum Gasteiger partial charge on any atom is 0.226 e. The van der Waals surface area contributed by atoms with Crippen molar-refractivity contribution >= 4 is 5.91 Å². The summed E-state index contributed by atoms with van der Waals surface area (Å²) in [4.78, 5) is 22.1. The van der Waals surface area contributed by atoms with Gasteiger partial charge >= 0.3 is 0 Å². The molecule has 0 unspecified atom stereocenters. The van der Waals surface area contributed by atoms with Crippen LogP contribution in [0.3, 0.4) is 0 Å². The monoisotopic (exact) mass is 343 g/mol. The predicted molar refractivity (Wildman–Crippen MR) is 102 cm³/mol. The zero-order chi connectivity index (χ0) is 18.0. The van der Waals surface area contributed by atoms with Gasteiger partial charge in [0.25, 0.3) is 0 Å². The lowest BCUT2D eigenvalue weighted by Crippen LogP contribution is -2.43. The molecule has 0 N–H and O–H groups in total. The van der Waals surface area contributed by atoms with Crippen molar-refractivity contribution in [3.8, 4) is 0 Å². The third-order valence-electron chi connectivity index (χ3n) is 6.08. The fraction of sp³-hybridized carbons (Fsp3) is 0.714. The van der Waals surface area contributed by atoms with Crippen LogP contribution in [0.5, 0.6) is 0 Å². The van der Waals surface area contributed by atoms with Crippen LogP contribution in [0.1, 0.15) is 63.3 Å². The lowest BCUT2D eigenvalue weighted by Gasteiger charge is -2.35. The molecular formula is C21H33N3O. The number of aromatic nitrogens is 1. The van der Waals surface area contributed by atoms with Gasteiger partial charge in [0, 0.05) is 37.3 Å². The summed E-state index contributed by atoms with van der Waals surface area (Å²) in [6.07, 6.45) is 7.28. The lowest BCUT2D eigenvalue weighted by atomic mass is 9.80. The molecule has 1 amide bonds. The molecule has 0 aromatic carbocycles. The second kappa shape index (κ2) is 7.45. The minimum absolute atomic E-state index is 0.150. The average molecular weight is 344 g/mol. The van der Waals surface area contributed by atoms with Crippen molar-refractivity contribution in [2.75, 3.05) is 26.7 Å². The molecule has 1 aromatic heterocycles. The average Bonchev–Trinajstić information content (AvgIpc) is 2.61. The highest BCUT2D eigenvalue weighted by molar-refractivity contribution is 5.79. The second-order valence-corrected chi connectivity index (χ2v) is 8.55. The van der Waals surface area contributed by atoms with E-state index in [2.05, 4.69) is 49.9 Å². The van der Waals surface area contributed by atoms with E-state index >= 15 is 0 Å². The molecule has 1 saturated heterocycles. The number of rotatable bonds is 4. The van der Waals surface area contributed by atoms with Crippen molar-refractivity contribution in [2.24, 2.45) is 5.92 Å². The minimum Gasteiger partial charge on any atom is -0.338 e. The largest absolute Gasteiger partial charge is 0.338 e. The molecule has 138 valence electrons. The molecule has 3 heterocycles. The Balaban J connectivity index is 1.72. The Kier molecular flexibility index (Phi) is 5.47. The fourth-order valence-electron chi connectivity index (χ4n) is 4.27. The topological polar surface area (TPSA) is 36.4 Å². The maximum absolute atomic E-state index is 12.9. The van der Waals surface area contributed by atoms with Crippen molar-refractivity contribution < 1.29 is 4.79 Å². The summed E-state index contributed by atoms with van der Waals surface area (Å²) in [5, 5.41) is 0. The summed E-state index contributed by atoms with van der Waals surface area (Å²) in [6, 6.07) is 2.31. The van der Waals surface area contributed by atoms with Gasteiger partial charge in [-0.15, -0.1) is 0 Å². The van der Waals surface area contributed by atoms with Gasteiger partial charge in [0.05, 0.1) is 0 Å². The molecule has 0 saturated carbocycles. The first-order chi connectivity index (χ1) is 11.9. The molecule has 3 rings (SSSR count). The lowest BCUT2D eigenvalue weighted by molar-refractivity contribution is -0.138. The van der Waals surface area contributed by atoms with Gasteiger partial charge in [-0.1, -0.05) is 33.3 Å². The van der Waals surface area contributed by atoms with Crippen molar-refractivity contribution in [3.63, 3.8) is 0 Å². The Labute approximate surface area is 152 Å². The number of piperidine rings is 1. The van der Waals surface area contributed by atoms with Crippen molar-refractivity contribution in [3.05, 3.63) is 29.1 Å². The molecular weight excluding hydrogens is 310 g/mol. The molecule has 0 bridgehead atoms. The van der Waals surface area contributed by atoms with Crippen LogP contribution in [-0.4, -0.2) is 47.4 Å². The highest BCUT2D eigenvalue weighted by Gasteiger charge is 2.30. The molecule has 0 spiro atoms. The number of carbonyl (C=O) groups is 1. The zero-order valence-electron chi connectivity index (χ0n) is 16.3. The van der Waals surface area contributed by atoms with Gasteiger partial charge < -0.3 is 9.80 Å². The number of hydrogen-bond acceptors (Lipinski definition) is 3. The Morgan fingerprint density at radius 2 is 2.00 bits per heavy atom. The number of nitrogens with zero attached hydrogens (tertiary/aromatic N) is 3. The van der Waals surface area contributed by atoms with Crippen molar-refractivity contribution in [1.82, 2.24) is 14.8 Å². The summed E-state index contributed by atoms with van der Waals surface area (Å²) >= 11 is 0. The van der Waals surface area contributed by atoms with Gasteiger partial charge in [0.15, 0.2) is 0 Å². The maximum atomic E-state index is 12.9. The van der Waals surface area contributed by atoms with E-state index in [0.717, 1.165) is 51.9 Å².